The van der Waals surface area contributed by atoms with Crippen LogP contribution < -0.4 is 0 Å². The van der Waals surface area contributed by atoms with Crippen molar-refractivity contribution in [2.24, 2.45) is 0 Å². The van der Waals surface area contributed by atoms with Gasteiger partial charge >= 0.3 is 0 Å². The van der Waals surface area contributed by atoms with Gasteiger partial charge in [-0.3, -0.25) is 9.80 Å². The largest absolute Gasteiger partial charge is 0.465 e. The standard InChI is InChI=1S/C17H28N2O3/c1-14(2)19-7-8-20-13-17(12-19)11-18(6-9-21-17)10-16-5-4-15(3)22-16/h4-5,14H,6-13H2,1-3H3/t17-/m1/s1. The molecule has 0 aliphatic carbocycles. The highest BCUT2D eigenvalue weighted by atomic mass is 16.5. The van der Waals surface area contributed by atoms with Crippen LogP contribution in [-0.4, -0.2) is 67.4 Å². The Bertz CT molecular complexity index is 488. The predicted octanol–water partition coefficient (Wildman–Crippen LogP) is 1.90. The van der Waals surface area contributed by atoms with Crippen LogP contribution in [0.5, 0.6) is 0 Å². The van der Waals surface area contributed by atoms with Crippen molar-refractivity contribution in [3.8, 4) is 0 Å². The van der Waals surface area contributed by atoms with Gasteiger partial charge in [0, 0.05) is 32.2 Å². The molecule has 0 aromatic carbocycles. The van der Waals surface area contributed by atoms with Crippen LogP contribution in [0.25, 0.3) is 0 Å². The summed E-state index contributed by atoms with van der Waals surface area (Å²) in [5.41, 5.74) is -0.208. The Morgan fingerprint density at radius 3 is 2.77 bits per heavy atom. The van der Waals surface area contributed by atoms with Crippen LogP contribution in [0.1, 0.15) is 25.4 Å². The molecule has 1 aromatic heterocycles. The van der Waals surface area contributed by atoms with E-state index in [9.17, 15) is 0 Å². The lowest BCUT2D eigenvalue weighted by atomic mass is 10.0. The quantitative estimate of drug-likeness (QED) is 0.853. The van der Waals surface area contributed by atoms with Crippen molar-refractivity contribution < 1.29 is 13.9 Å². The number of rotatable bonds is 3. The van der Waals surface area contributed by atoms with Crippen LogP contribution in [0.2, 0.25) is 0 Å². The summed E-state index contributed by atoms with van der Waals surface area (Å²) >= 11 is 0. The second-order valence-corrected chi connectivity index (χ2v) is 6.87. The molecule has 2 aliphatic heterocycles. The number of nitrogens with zero attached hydrogens (tertiary/aromatic N) is 2. The summed E-state index contributed by atoms with van der Waals surface area (Å²) in [5, 5.41) is 0. The Morgan fingerprint density at radius 2 is 2.05 bits per heavy atom. The van der Waals surface area contributed by atoms with Gasteiger partial charge in [0.1, 0.15) is 17.1 Å². The third kappa shape index (κ3) is 3.71. The van der Waals surface area contributed by atoms with Gasteiger partial charge in [0.2, 0.25) is 0 Å². The summed E-state index contributed by atoms with van der Waals surface area (Å²) < 4.78 is 17.8. The molecule has 1 aromatic rings. The SMILES string of the molecule is Cc1ccc(CN2CCO[C@]3(COCCN(C(C)C)C3)C2)o1. The van der Waals surface area contributed by atoms with Gasteiger partial charge in [0.15, 0.2) is 0 Å². The van der Waals surface area contributed by atoms with E-state index in [1.807, 2.05) is 13.0 Å². The molecule has 0 unspecified atom stereocenters. The number of hydrogen-bond acceptors (Lipinski definition) is 5. The predicted molar refractivity (Wildman–Crippen MR) is 84.9 cm³/mol. The molecule has 2 saturated heterocycles. The average molecular weight is 308 g/mol. The summed E-state index contributed by atoms with van der Waals surface area (Å²) in [4.78, 5) is 4.89. The Morgan fingerprint density at radius 1 is 1.18 bits per heavy atom. The highest BCUT2D eigenvalue weighted by Crippen LogP contribution is 2.25. The van der Waals surface area contributed by atoms with E-state index in [0.717, 1.165) is 57.5 Å². The number of furan rings is 1. The highest BCUT2D eigenvalue weighted by molar-refractivity contribution is 5.06. The fourth-order valence-electron chi connectivity index (χ4n) is 3.41. The van der Waals surface area contributed by atoms with Gasteiger partial charge in [0.25, 0.3) is 0 Å². The molecule has 0 radical (unpaired) electrons. The molecule has 0 amide bonds. The first kappa shape index (κ1) is 16.0. The highest BCUT2D eigenvalue weighted by Gasteiger charge is 2.40. The summed E-state index contributed by atoms with van der Waals surface area (Å²) in [6, 6.07) is 4.62. The maximum Gasteiger partial charge on any atom is 0.118 e. The third-order valence-electron chi connectivity index (χ3n) is 4.61. The summed E-state index contributed by atoms with van der Waals surface area (Å²) in [7, 11) is 0. The van der Waals surface area contributed by atoms with E-state index in [4.69, 9.17) is 13.9 Å². The van der Waals surface area contributed by atoms with Crippen LogP contribution >= 0.6 is 0 Å². The minimum atomic E-state index is -0.208. The maximum atomic E-state index is 6.20. The Balaban J connectivity index is 1.67. The molecule has 3 rings (SSSR count). The van der Waals surface area contributed by atoms with Crippen molar-refractivity contribution in [2.75, 3.05) is 46.0 Å². The van der Waals surface area contributed by atoms with Crippen LogP contribution in [0.4, 0.5) is 0 Å². The van der Waals surface area contributed by atoms with Gasteiger partial charge in [0.05, 0.1) is 26.4 Å². The Kier molecular flexibility index (Phi) is 4.88. The molecule has 0 bridgehead atoms. The minimum Gasteiger partial charge on any atom is -0.465 e. The lowest BCUT2D eigenvalue weighted by molar-refractivity contribution is -0.145. The molecule has 3 heterocycles. The van der Waals surface area contributed by atoms with E-state index in [1.54, 1.807) is 0 Å². The van der Waals surface area contributed by atoms with Gasteiger partial charge in [-0.1, -0.05) is 0 Å². The number of ether oxygens (including phenoxy) is 2. The molecular weight excluding hydrogens is 280 g/mol. The van der Waals surface area contributed by atoms with E-state index < -0.39 is 0 Å². The first-order chi connectivity index (χ1) is 10.6. The van der Waals surface area contributed by atoms with Crippen molar-refractivity contribution >= 4 is 0 Å². The molecule has 22 heavy (non-hydrogen) atoms. The fraction of sp³-hybridized carbons (Fsp3) is 0.765. The second-order valence-electron chi connectivity index (χ2n) is 6.87. The summed E-state index contributed by atoms with van der Waals surface area (Å²) in [6.45, 7) is 13.3. The molecule has 2 fully saturated rings. The first-order valence-corrected chi connectivity index (χ1v) is 8.30. The second kappa shape index (κ2) is 6.71. The molecule has 124 valence electrons. The molecule has 5 heteroatoms. The molecule has 0 saturated carbocycles. The molecule has 2 aliphatic rings. The molecule has 0 N–H and O–H groups in total. The van der Waals surface area contributed by atoms with Crippen molar-refractivity contribution in [2.45, 2.75) is 39.0 Å². The zero-order valence-electron chi connectivity index (χ0n) is 14.0. The minimum absolute atomic E-state index is 0.208. The van der Waals surface area contributed by atoms with Crippen molar-refractivity contribution in [3.63, 3.8) is 0 Å². The van der Waals surface area contributed by atoms with Crippen LogP contribution in [0.15, 0.2) is 16.5 Å². The van der Waals surface area contributed by atoms with E-state index >= 15 is 0 Å². The van der Waals surface area contributed by atoms with E-state index in [2.05, 4.69) is 29.7 Å². The van der Waals surface area contributed by atoms with Crippen molar-refractivity contribution in [1.82, 2.24) is 9.80 Å². The zero-order chi connectivity index (χ0) is 15.6. The van der Waals surface area contributed by atoms with E-state index in [-0.39, 0.29) is 5.60 Å². The van der Waals surface area contributed by atoms with Gasteiger partial charge in [-0.2, -0.15) is 0 Å². The summed E-state index contributed by atoms with van der Waals surface area (Å²) in [5.74, 6) is 2.01. The molecule has 5 nitrogen and oxygen atoms in total. The van der Waals surface area contributed by atoms with Crippen LogP contribution in [0.3, 0.4) is 0 Å². The van der Waals surface area contributed by atoms with Crippen LogP contribution in [-0.2, 0) is 16.0 Å². The monoisotopic (exact) mass is 308 g/mol. The van der Waals surface area contributed by atoms with E-state index in [0.29, 0.717) is 12.6 Å². The average Bonchev–Trinajstić information content (AvgIpc) is 2.76. The summed E-state index contributed by atoms with van der Waals surface area (Å²) in [6.07, 6.45) is 0. The fourth-order valence-corrected chi connectivity index (χ4v) is 3.41. The topological polar surface area (TPSA) is 38.1 Å². The Hall–Kier alpha value is -0.880. The third-order valence-corrected chi connectivity index (χ3v) is 4.61. The van der Waals surface area contributed by atoms with Crippen LogP contribution in [0, 0.1) is 6.92 Å². The van der Waals surface area contributed by atoms with Gasteiger partial charge < -0.3 is 13.9 Å². The maximum absolute atomic E-state index is 6.20. The smallest absolute Gasteiger partial charge is 0.118 e. The Labute approximate surface area is 133 Å². The van der Waals surface area contributed by atoms with Gasteiger partial charge in [-0.15, -0.1) is 0 Å². The molecule has 1 atom stereocenters. The first-order valence-electron chi connectivity index (χ1n) is 8.30. The number of morpholine rings is 1. The van der Waals surface area contributed by atoms with Gasteiger partial charge in [-0.25, -0.2) is 0 Å². The molecular formula is C17H28N2O3. The van der Waals surface area contributed by atoms with E-state index in [1.165, 1.54) is 0 Å². The van der Waals surface area contributed by atoms with Gasteiger partial charge in [-0.05, 0) is 32.9 Å². The zero-order valence-corrected chi connectivity index (χ0v) is 14.0. The van der Waals surface area contributed by atoms with Crippen molar-refractivity contribution in [1.29, 1.82) is 0 Å². The lowest BCUT2D eigenvalue weighted by Gasteiger charge is -2.43. The van der Waals surface area contributed by atoms with Crippen molar-refractivity contribution in [3.05, 3.63) is 23.7 Å². The molecule has 1 spiro atoms. The number of aryl methyl sites for hydroxylation is 1. The lowest BCUT2D eigenvalue weighted by Crippen LogP contribution is -2.59. The normalized spacial score (nSPS) is 28.4. The number of hydrogen-bond donors (Lipinski definition) is 0.